The minimum atomic E-state index is -0.418. The quantitative estimate of drug-likeness (QED) is 0.617. The van der Waals surface area contributed by atoms with Gasteiger partial charge < -0.3 is 20.0 Å². The van der Waals surface area contributed by atoms with Crippen molar-refractivity contribution in [2.45, 2.75) is 12.5 Å². The number of non-ortho nitro benzene ring substituents is 1. The molecule has 2 heterocycles. The van der Waals surface area contributed by atoms with Crippen molar-refractivity contribution in [3.8, 4) is 0 Å². The van der Waals surface area contributed by atoms with Gasteiger partial charge in [0.1, 0.15) is 0 Å². The van der Waals surface area contributed by atoms with Crippen LogP contribution in [0.15, 0.2) is 54.6 Å². The molecule has 3 amide bonds. The van der Waals surface area contributed by atoms with Crippen molar-refractivity contribution in [1.82, 2.24) is 10.2 Å². The summed E-state index contributed by atoms with van der Waals surface area (Å²) in [4.78, 5) is 40.9. The highest BCUT2D eigenvalue weighted by Gasteiger charge is 2.33. The maximum atomic E-state index is 12.7. The van der Waals surface area contributed by atoms with Gasteiger partial charge >= 0.3 is 6.03 Å². The number of anilines is 2. The first kappa shape index (κ1) is 19.7. The summed E-state index contributed by atoms with van der Waals surface area (Å²) in [7, 11) is 0. The molecule has 1 atom stereocenters. The van der Waals surface area contributed by atoms with E-state index in [0.29, 0.717) is 39.1 Å². The molecule has 2 saturated heterocycles. The molecular formula is C21H23N5O4. The Morgan fingerprint density at radius 2 is 1.63 bits per heavy atom. The molecule has 2 fully saturated rings. The van der Waals surface area contributed by atoms with Crippen LogP contribution < -0.4 is 15.1 Å². The van der Waals surface area contributed by atoms with E-state index < -0.39 is 4.92 Å². The molecule has 0 aliphatic carbocycles. The maximum Gasteiger partial charge on any atom is 0.317 e. The SMILES string of the molecule is O=C(N[C@@H]1CC(=O)N(c2ccccc2)C1)N1CCN(c2ccc([N+](=O)[O-])cc2)CC1. The van der Waals surface area contributed by atoms with Gasteiger partial charge in [-0.05, 0) is 24.3 Å². The maximum absolute atomic E-state index is 12.7. The van der Waals surface area contributed by atoms with Crippen LogP contribution in [0.1, 0.15) is 6.42 Å². The Morgan fingerprint density at radius 3 is 2.27 bits per heavy atom. The van der Waals surface area contributed by atoms with Crippen molar-refractivity contribution < 1.29 is 14.5 Å². The van der Waals surface area contributed by atoms with Crippen LogP contribution in [-0.2, 0) is 4.79 Å². The molecule has 0 saturated carbocycles. The van der Waals surface area contributed by atoms with Crippen LogP contribution in [0.3, 0.4) is 0 Å². The summed E-state index contributed by atoms with van der Waals surface area (Å²) in [5, 5.41) is 13.8. The van der Waals surface area contributed by atoms with E-state index in [1.807, 2.05) is 30.3 Å². The Kier molecular flexibility index (Phi) is 5.51. The van der Waals surface area contributed by atoms with Crippen LogP contribution in [0.5, 0.6) is 0 Å². The van der Waals surface area contributed by atoms with E-state index >= 15 is 0 Å². The second kappa shape index (κ2) is 8.40. The lowest BCUT2D eigenvalue weighted by Gasteiger charge is -2.36. The number of benzene rings is 2. The van der Waals surface area contributed by atoms with Gasteiger partial charge in [0.25, 0.3) is 5.69 Å². The zero-order valence-electron chi connectivity index (χ0n) is 16.4. The first-order chi connectivity index (χ1) is 14.5. The zero-order valence-corrected chi connectivity index (χ0v) is 16.4. The van der Waals surface area contributed by atoms with Gasteiger partial charge in [0.05, 0.1) is 11.0 Å². The minimum absolute atomic E-state index is 0.00879. The standard InChI is InChI=1S/C21H23N5O4/c27-20-14-16(15-25(20)18-4-2-1-3-5-18)22-21(28)24-12-10-23(11-13-24)17-6-8-19(9-7-17)26(29)30/h1-9,16H,10-15H2,(H,22,28)/t16-/m1/s1. The van der Waals surface area contributed by atoms with Crippen molar-refractivity contribution in [3.63, 3.8) is 0 Å². The number of carbonyl (C=O) groups is 2. The Morgan fingerprint density at radius 1 is 0.967 bits per heavy atom. The number of carbonyl (C=O) groups excluding carboxylic acids is 2. The van der Waals surface area contributed by atoms with Gasteiger partial charge in [-0.25, -0.2) is 4.79 Å². The number of piperazine rings is 1. The molecule has 2 aromatic rings. The molecular weight excluding hydrogens is 386 g/mol. The third kappa shape index (κ3) is 4.19. The highest BCUT2D eigenvalue weighted by Crippen LogP contribution is 2.22. The van der Waals surface area contributed by atoms with Crippen molar-refractivity contribution in [2.75, 3.05) is 42.5 Å². The van der Waals surface area contributed by atoms with Gasteiger partial charge in [-0.3, -0.25) is 14.9 Å². The first-order valence-corrected chi connectivity index (χ1v) is 9.91. The monoisotopic (exact) mass is 409 g/mol. The molecule has 0 radical (unpaired) electrons. The number of nitrogens with one attached hydrogen (secondary N) is 1. The van der Waals surface area contributed by atoms with E-state index in [2.05, 4.69) is 10.2 Å². The lowest BCUT2D eigenvalue weighted by Crippen LogP contribution is -2.53. The number of urea groups is 1. The fourth-order valence-corrected chi connectivity index (χ4v) is 3.88. The highest BCUT2D eigenvalue weighted by molar-refractivity contribution is 5.96. The smallest absolute Gasteiger partial charge is 0.317 e. The molecule has 0 aromatic heterocycles. The molecule has 1 N–H and O–H groups in total. The molecule has 0 unspecified atom stereocenters. The number of amides is 3. The zero-order chi connectivity index (χ0) is 21.1. The lowest BCUT2D eigenvalue weighted by atomic mass is 10.2. The summed E-state index contributed by atoms with van der Waals surface area (Å²) in [5.41, 5.74) is 1.81. The minimum Gasteiger partial charge on any atom is -0.368 e. The molecule has 0 bridgehead atoms. The number of hydrogen-bond acceptors (Lipinski definition) is 5. The molecule has 156 valence electrons. The second-order valence-electron chi connectivity index (χ2n) is 7.44. The summed E-state index contributed by atoms with van der Waals surface area (Å²) in [6.07, 6.45) is 0.295. The lowest BCUT2D eigenvalue weighted by molar-refractivity contribution is -0.384. The molecule has 2 aliphatic heterocycles. The predicted octanol–water partition coefficient (Wildman–Crippen LogP) is 2.23. The van der Waals surface area contributed by atoms with Crippen LogP contribution >= 0.6 is 0 Å². The fourth-order valence-electron chi connectivity index (χ4n) is 3.88. The summed E-state index contributed by atoms with van der Waals surface area (Å²) in [5.74, 6) is 0.00879. The van der Waals surface area contributed by atoms with Crippen molar-refractivity contribution >= 4 is 29.0 Å². The Balaban J connectivity index is 1.28. The molecule has 0 spiro atoms. The van der Waals surface area contributed by atoms with Crippen LogP contribution in [0.2, 0.25) is 0 Å². The molecule has 30 heavy (non-hydrogen) atoms. The van der Waals surface area contributed by atoms with Crippen molar-refractivity contribution in [2.24, 2.45) is 0 Å². The van der Waals surface area contributed by atoms with Crippen molar-refractivity contribution in [3.05, 3.63) is 64.7 Å². The number of nitro groups is 1. The largest absolute Gasteiger partial charge is 0.368 e. The van der Waals surface area contributed by atoms with E-state index in [4.69, 9.17) is 0 Å². The Labute approximate surface area is 174 Å². The summed E-state index contributed by atoms with van der Waals surface area (Å²) >= 11 is 0. The van der Waals surface area contributed by atoms with Gasteiger partial charge in [0.15, 0.2) is 0 Å². The van der Waals surface area contributed by atoms with E-state index in [-0.39, 0.29) is 23.7 Å². The molecule has 4 rings (SSSR count). The van der Waals surface area contributed by atoms with E-state index in [0.717, 1.165) is 11.4 Å². The topological polar surface area (TPSA) is 99.0 Å². The van der Waals surface area contributed by atoms with E-state index in [1.54, 1.807) is 21.9 Å². The number of nitrogens with zero attached hydrogens (tertiary/aromatic N) is 4. The fraction of sp³-hybridized carbons (Fsp3) is 0.333. The van der Waals surface area contributed by atoms with Gasteiger partial charge in [-0.1, -0.05) is 18.2 Å². The molecule has 9 heteroatoms. The molecule has 2 aromatic carbocycles. The van der Waals surface area contributed by atoms with Gasteiger partial charge in [-0.2, -0.15) is 0 Å². The first-order valence-electron chi connectivity index (χ1n) is 9.91. The average molecular weight is 409 g/mol. The third-order valence-electron chi connectivity index (χ3n) is 5.51. The van der Waals surface area contributed by atoms with Gasteiger partial charge in [0.2, 0.25) is 5.91 Å². The highest BCUT2D eigenvalue weighted by atomic mass is 16.6. The predicted molar refractivity (Wildman–Crippen MR) is 113 cm³/mol. The van der Waals surface area contributed by atoms with Crippen LogP contribution in [0.25, 0.3) is 0 Å². The Hall–Kier alpha value is -3.62. The van der Waals surface area contributed by atoms with Gasteiger partial charge in [-0.15, -0.1) is 0 Å². The average Bonchev–Trinajstić information content (AvgIpc) is 3.14. The summed E-state index contributed by atoms with van der Waals surface area (Å²) < 4.78 is 0. The number of nitro benzene ring substituents is 1. The van der Waals surface area contributed by atoms with Crippen LogP contribution in [0, 0.1) is 10.1 Å². The third-order valence-corrected chi connectivity index (χ3v) is 5.51. The van der Waals surface area contributed by atoms with Crippen LogP contribution in [-0.4, -0.2) is 60.5 Å². The Bertz CT molecular complexity index is 926. The molecule has 9 nitrogen and oxygen atoms in total. The van der Waals surface area contributed by atoms with E-state index in [9.17, 15) is 19.7 Å². The number of para-hydroxylation sites is 1. The second-order valence-corrected chi connectivity index (χ2v) is 7.44. The normalized spacial score (nSPS) is 19.1. The van der Waals surface area contributed by atoms with E-state index in [1.165, 1.54) is 12.1 Å². The number of rotatable bonds is 4. The molecule has 2 aliphatic rings. The summed E-state index contributed by atoms with van der Waals surface area (Å²) in [6.45, 7) is 2.85. The van der Waals surface area contributed by atoms with Crippen molar-refractivity contribution in [1.29, 1.82) is 0 Å². The van der Waals surface area contributed by atoms with Crippen LogP contribution in [0.4, 0.5) is 21.9 Å². The van der Waals surface area contributed by atoms with Gasteiger partial charge in [0, 0.05) is 62.7 Å². The summed E-state index contributed by atoms with van der Waals surface area (Å²) in [6, 6.07) is 15.5. The number of hydrogen-bond donors (Lipinski definition) is 1.